The molecule has 9 aromatic carbocycles. The Morgan fingerprint density at radius 1 is 0.308 bits per heavy atom. The van der Waals surface area contributed by atoms with Gasteiger partial charge in [-0.15, -0.1) is 0 Å². The van der Waals surface area contributed by atoms with Crippen LogP contribution in [0.1, 0.15) is 0 Å². The molecule has 0 atom stereocenters. The lowest BCUT2D eigenvalue weighted by atomic mass is 9.93. The molecule has 0 amide bonds. The smallest absolute Gasteiger partial charge is 0.0542 e. The van der Waals surface area contributed by atoms with Crippen molar-refractivity contribution in [2.45, 2.75) is 0 Å². The van der Waals surface area contributed by atoms with Gasteiger partial charge in [-0.1, -0.05) is 146 Å². The minimum Gasteiger partial charge on any atom is -0.310 e. The number of para-hydroxylation sites is 3. The van der Waals surface area contributed by atoms with Crippen molar-refractivity contribution in [3.8, 4) is 27.9 Å². The van der Waals surface area contributed by atoms with E-state index in [-0.39, 0.29) is 0 Å². The van der Waals surface area contributed by atoms with Gasteiger partial charge in [-0.2, -0.15) is 0 Å². The summed E-state index contributed by atoms with van der Waals surface area (Å²) < 4.78 is 2.42. The Labute approximate surface area is 303 Å². The molecule has 52 heavy (non-hydrogen) atoms. The molecule has 0 unspecified atom stereocenters. The van der Waals surface area contributed by atoms with Gasteiger partial charge < -0.3 is 9.47 Å². The molecule has 0 saturated heterocycles. The van der Waals surface area contributed by atoms with Crippen LogP contribution in [0, 0.1) is 0 Å². The monoisotopic (exact) mass is 662 g/mol. The molecular weight excluding hydrogens is 629 g/mol. The zero-order chi connectivity index (χ0) is 34.4. The third-order valence-corrected chi connectivity index (χ3v) is 10.4. The van der Waals surface area contributed by atoms with Crippen molar-refractivity contribution >= 4 is 60.4 Å². The van der Waals surface area contributed by atoms with Crippen LogP contribution >= 0.6 is 0 Å². The predicted molar refractivity (Wildman–Crippen MR) is 221 cm³/mol. The minimum atomic E-state index is 1.10. The number of aromatic nitrogens is 1. The molecule has 2 heteroatoms. The van der Waals surface area contributed by atoms with Gasteiger partial charge in [0, 0.05) is 33.4 Å². The van der Waals surface area contributed by atoms with Crippen LogP contribution in [0.4, 0.5) is 17.1 Å². The van der Waals surface area contributed by atoms with E-state index in [9.17, 15) is 0 Å². The van der Waals surface area contributed by atoms with Crippen molar-refractivity contribution in [2.75, 3.05) is 4.90 Å². The van der Waals surface area contributed by atoms with Crippen LogP contribution in [0.25, 0.3) is 71.3 Å². The fraction of sp³-hybridized carbons (Fsp3) is 0. The highest BCUT2D eigenvalue weighted by atomic mass is 15.1. The third-order valence-electron chi connectivity index (χ3n) is 10.4. The number of anilines is 3. The number of benzene rings is 9. The Morgan fingerprint density at radius 2 is 0.808 bits per heavy atom. The van der Waals surface area contributed by atoms with E-state index in [2.05, 4.69) is 216 Å². The summed E-state index contributed by atoms with van der Waals surface area (Å²) in [6.07, 6.45) is 0. The Morgan fingerprint density at radius 3 is 1.50 bits per heavy atom. The SMILES string of the molecule is c1ccc(-c2cc(N(c3ccccc3)c3ccc(-c4cc5ccccc5c5ccccc45)cc3)ccc2-n2c3ccccc3c3ccccc32)cc1. The summed E-state index contributed by atoms with van der Waals surface area (Å²) >= 11 is 0. The molecule has 2 nitrogen and oxygen atoms in total. The molecule has 1 heterocycles. The second-order valence-electron chi connectivity index (χ2n) is 13.3. The number of hydrogen-bond donors (Lipinski definition) is 0. The second-order valence-corrected chi connectivity index (χ2v) is 13.3. The molecule has 0 N–H and O–H groups in total. The number of hydrogen-bond acceptors (Lipinski definition) is 1. The Bertz CT molecular complexity index is 2830. The van der Waals surface area contributed by atoms with E-state index in [1.807, 2.05) is 0 Å². The lowest BCUT2D eigenvalue weighted by Crippen LogP contribution is -2.10. The van der Waals surface area contributed by atoms with E-state index >= 15 is 0 Å². The highest BCUT2D eigenvalue weighted by Gasteiger charge is 2.19. The van der Waals surface area contributed by atoms with E-state index in [4.69, 9.17) is 0 Å². The molecule has 0 aliphatic rings. The zero-order valence-corrected chi connectivity index (χ0v) is 28.5. The molecule has 0 spiro atoms. The maximum atomic E-state index is 2.42. The van der Waals surface area contributed by atoms with Gasteiger partial charge in [0.25, 0.3) is 0 Å². The summed E-state index contributed by atoms with van der Waals surface area (Å²) in [5.74, 6) is 0. The first-order valence-electron chi connectivity index (χ1n) is 17.9. The standard InChI is InChI=1S/C50H34N2/c1-3-15-35(16-4-1)47-34-40(31-32-50(47)52-48-25-13-11-23-44(48)45-24-12-14-26-49(45)52)51(38-18-5-2-6-19-38)39-29-27-36(28-30-39)46-33-37-17-7-8-20-41(37)42-21-9-10-22-43(42)46/h1-34H. The number of rotatable bonds is 6. The fourth-order valence-electron chi connectivity index (χ4n) is 8.00. The average Bonchev–Trinajstić information content (AvgIpc) is 3.56. The van der Waals surface area contributed by atoms with Gasteiger partial charge in [-0.05, 0) is 98.9 Å². The maximum absolute atomic E-state index is 2.42. The van der Waals surface area contributed by atoms with Crippen molar-refractivity contribution in [1.82, 2.24) is 4.57 Å². The van der Waals surface area contributed by atoms with Gasteiger partial charge in [-0.3, -0.25) is 0 Å². The summed E-state index contributed by atoms with van der Waals surface area (Å²) in [4.78, 5) is 2.37. The van der Waals surface area contributed by atoms with E-state index in [0.29, 0.717) is 0 Å². The van der Waals surface area contributed by atoms with Gasteiger partial charge in [0.05, 0.1) is 16.7 Å². The third kappa shape index (κ3) is 4.96. The van der Waals surface area contributed by atoms with Crippen LogP contribution in [0.2, 0.25) is 0 Å². The number of fused-ring (bicyclic) bond motifs is 6. The Kier molecular flexibility index (Phi) is 7.18. The second kappa shape index (κ2) is 12.5. The minimum absolute atomic E-state index is 1.10. The van der Waals surface area contributed by atoms with Crippen LogP contribution < -0.4 is 4.90 Å². The van der Waals surface area contributed by atoms with E-state index < -0.39 is 0 Å². The quantitative estimate of drug-likeness (QED) is 0.161. The molecule has 1 aromatic heterocycles. The molecule has 10 aromatic rings. The van der Waals surface area contributed by atoms with Crippen molar-refractivity contribution in [3.05, 3.63) is 206 Å². The van der Waals surface area contributed by atoms with Gasteiger partial charge in [0.15, 0.2) is 0 Å². The average molecular weight is 663 g/mol. The topological polar surface area (TPSA) is 8.17 Å². The number of nitrogens with zero attached hydrogens (tertiary/aromatic N) is 2. The molecule has 0 fully saturated rings. The van der Waals surface area contributed by atoms with Crippen LogP contribution in [0.15, 0.2) is 206 Å². The van der Waals surface area contributed by atoms with Gasteiger partial charge in [0.2, 0.25) is 0 Å². The summed E-state index contributed by atoms with van der Waals surface area (Å²) in [5.41, 5.74) is 11.6. The maximum Gasteiger partial charge on any atom is 0.0542 e. The predicted octanol–water partition coefficient (Wildman–Crippen LogP) is 13.9. The summed E-state index contributed by atoms with van der Waals surface area (Å²) in [6.45, 7) is 0. The first-order chi connectivity index (χ1) is 25.8. The molecule has 0 saturated carbocycles. The summed E-state index contributed by atoms with van der Waals surface area (Å²) in [6, 6.07) is 74.6. The highest BCUT2D eigenvalue weighted by Crippen LogP contribution is 2.42. The summed E-state index contributed by atoms with van der Waals surface area (Å²) in [7, 11) is 0. The first kappa shape index (κ1) is 30.0. The Hall–Kier alpha value is -6.90. The zero-order valence-electron chi connectivity index (χ0n) is 28.5. The molecule has 10 rings (SSSR count). The van der Waals surface area contributed by atoms with E-state index in [1.165, 1.54) is 65.6 Å². The van der Waals surface area contributed by atoms with Crippen LogP contribution in [-0.2, 0) is 0 Å². The molecule has 0 aliphatic carbocycles. The lowest BCUT2D eigenvalue weighted by Gasteiger charge is -2.27. The van der Waals surface area contributed by atoms with Crippen molar-refractivity contribution < 1.29 is 0 Å². The normalized spacial score (nSPS) is 11.5. The van der Waals surface area contributed by atoms with E-state index in [0.717, 1.165) is 22.7 Å². The van der Waals surface area contributed by atoms with Gasteiger partial charge >= 0.3 is 0 Å². The largest absolute Gasteiger partial charge is 0.310 e. The van der Waals surface area contributed by atoms with Gasteiger partial charge in [0.1, 0.15) is 0 Å². The lowest BCUT2D eigenvalue weighted by molar-refractivity contribution is 1.17. The first-order valence-corrected chi connectivity index (χ1v) is 17.9. The van der Waals surface area contributed by atoms with Crippen LogP contribution in [0.5, 0.6) is 0 Å². The van der Waals surface area contributed by atoms with Crippen molar-refractivity contribution in [1.29, 1.82) is 0 Å². The Balaban J connectivity index is 1.15. The fourth-order valence-corrected chi connectivity index (χ4v) is 8.00. The molecule has 0 aliphatic heterocycles. The molecular formula is C50H34N2. The van der Waals surface area contributed by atoms with Gasteiger partial charge in [-0.25, -0.2) is 0 Å². The van der Waals surface area contributed by atoms with Crippen molar-refractivity contribution in [3.63, 3.8) is 0 Å². The molecule has 244 valence electrons. The van der Waals surface area contributed by atoms with Crippen molar-refractivity contribution in [2.24, 2.45) is 0 Å². The molecule has 0 bridgehead atoms. The van der Waals surface area contributed by atoms with Crippen LogP contribution in [0.3, 0.4) is 0 Å². The summed E-state index contributed by atoms with van der Waals surface area (Å²) in [5, 5.41) is 7.59. The van der Waals surface area contributed by atoms with E-state index in [1.54, 1.807) is 0 Å². The molecule has 0 radical (unpaired) electrons. The van der Waals surface area contributed by atoms with Crippen LogP contribution in [-0.4, -0.2) is 4.57 Å². The highest BCUT2D eigenvalue weighted by molar-refractivity contribution is 6.14.